The number of rotatable bonds is 4. The van der Waals surface area contributed by atoms with E-state index < -0.39 is 0 Å². The summed E-state index contributed by atoms with van der Waals surface area (Å²) in [4.78, 5) is 5.56. The summed E-state index contributed by atoms with van der Waals surface area (Å²) in [6.07, 6.45) is 2.82. The second kappa shape index (κ2) is 5.80. The Kier molecular flexibility index (Phi) is 3.99. The van der Waals surface area contributed by atoms with Crippen molar-refractivity contribution >= 4 is 0 Å². The average Bonchev–Trinajstić information content (AvgIpc) is 3.20. The SMILES string of the molecule is CCN1CC(CC(C)N2CC[C@@H]3CNC[C@@H]32)[C@H]2CNC[C@H]21. The molecule has 0 aromatic rings. The standard InChI is InChI=1S/C17H32N4/c1-3-20-11-14(15-8-19-10-17(15)20)6-12(2)21-5-4-13-7-18-9-16(13)21/h12-19H,3-11H2,1-2H3/t12?,13-,14?,15-,16+,17-/m1/s1. The quantitative estimate of drug-likeness (QED) is 0.794. The van der Waals surface area contributed by atoms with Crippen molar-refractivity contribution in [2.75, 3.05) is 45.8 Å². The first-order valence-corrected chi connectivity index (χ1v) is 9.19. The fourth-order valence-corrected chi connectivity index (χ4v) is 5.75. The molecular weight excluding hydrogens is 260 g/mol. The van der Waals surface area contributed by atoms with E-state index >= 15 is 0 Å². The van der Waals surface area contributed by atoms with Gasteiger partial charge in [0.05, 0.1) is 0 Å². The third kappa shape index (κ3) is 2.44. The molecule has 0 aromatic carbocycles. The first-order valence-electron chi connectivity index (χ1n) is 9.19. The maximum Gasteiger partial charge on any atom is 0.0264 e. The molecule has 4 aliphatic heterocycles. The van der Waals surface area contributed by atoms with E-state index in [0.717, 1.165) is 35.9 Å². The van der Waals surface area contributed by atoms with E-state index in [0.29, 0.717) is 0 Å². The number of likely N-dealkylation sites (tertiary alicyclic amines) is 2. The number of nitrogens with one attached hydrogen (secondary N) is 2. The molecule has 120 valence electrons. The zero-order valence-corrected chi connectivity index (χ0v) is 13.7. The Bertz CT molecular complexity index is 374. The van der Waals surface area contributed by atoms with Gasteiger partial charge in [0.15, 0.2) is 0 Å². The number of hydrogen-bond donors (Lipinski definition) is 2. The van der Waals surface area contributed by atoms with Crippen LogP contribution in [0.4, 0.5) is 0 Å². The van der Waals surface area contributed by atoms with Crippen LogP contribution >= 0.6 is 0 Å². The van der Waals surface area contributed by atoms with Gasteiger partial charge in [0, 0.05) is 37.8 Å². The largest absolute Gasteiger partial charge is 0.315 e. The Hall–Kier alpha value is -0.160. The Morgan fingerprint density at radius 3 is 2.76 bits per heavy atom. The monoisotopic (exact) mass is 292 g/mol. The van der Waals surface area contributed by atoms with Gasteiger partial charge in [-0.25, -0.2) is 0 Å². The Morgan fingerprint density at radius 2 is 1.90 bits per heavy atom. The van der Waals surface area contributed by atoms with Crippen LogP contribution in [-0.4, -0.2) is 73.7 Å². The van der Waals surface area contributed by atoms with E-state index in [2.05, 4.69) is 34.3 Å². The normalized spacial score (nSPS) is 45.1. The van der Waals surface area contributed by atoms with Gasteiger partial charge in [-0.15, -0.1) is 0 Å². The molecular formula is C17H32N4. The molecule has 4 aliphatic rings. The number of likely N-dealkylation sites (N-methyl/N-ethyl adjacent to an activating group) is 1. The van der Waals surface area contributed by atoms with Crippen LogP contribution in [0.25, 0.3) is 0 Å². The predicted molar refractivity (Wildman–Crippen MR) is 86.4 cm³/mol. The highest BCUT2D eigenvalue weighted by atomic mass is 15.3. The smallest absolute Gasteiger partial charge is 0.0264 e. The summed E-state index contributed by atoms with van der Waals surface area (Å²) in [5.41, 5.74) is 0. The molecule has 4 heteroatoms. The molecule has 4 fully saturated rings. The van der Waals surface area contributed by atoms with E-state index in [9.17, 15) is 0 Å². The minimum Gasteiger partial charge on any atom is -0.315 e. The second-order valence-electron chi connectivity index (χ2n) is 7.83. The van der Waals surface area contributed by atoms with E-state index in [-0.39, 0.29) is 0 Å². The molecule has 21 heavy (non-hydrogen) atoms. The minimum absolute atomic E-state index is 0.767. The van der Waals surface area contributed by atoms with E-state index in [1.54, 1.807) is 0 Å². The summed E-state index contributed by atoms with van der Waals surface area (Å²) < 4.78 is 0. The van der Waals surface area contributed by atoms with Crippen LogP contribution in [-0.2, 0) is 0 Å². The van der Waals surface area contributed by atoms with Crippen LogP contribution in [0.3, 0.4) is 0 Å². The van der Waals surface area contributed by atoms with Crippen molar-refractivity contribution in [2.24, 2.45) is 17.8 Å². The highest BCUT2D eigenvalue weighted by molar-refractivity contribution is 5.01. The van der Waals surface area contributed by atoms with Crippen LogP contribution in [0.2, 0.25) is 0 Å². The summed E-state index contributed by atoms with van der Waals surface area (Å²) in [6.45, 7) is 13.7. The maximum absolute atomic E-state index is 3.63. The van der Waals surface area contributed by atoms with Crippen molar-refractivity contribution < 1.29 is 0 Å². The average molecular weight is 292 g/mol. The molecule has 0 radical (unpaired) electrons. The molecule has 0 bridgehead atoms. The fourth-order valence-electron chi connectivity index (χ4n) is 5.75. The molecule has 2 unspecified atom stereocenters. The van der Waals surface area contributed by atoms with Crippen LogP contribution in [0.5, 0.6) is 0 Å². The zero-order chi connectivity index (χ0) is 14.4. The summed E-state index contributed by atoms with van der Waals surface area (Å²) >= 11 is 0. The lowest BCUT2D eigenvalue weighted by molar-refractivity contribution is 0.157. The summed E-state index contributed by atoms with van der Waals surface area (Å²) in [5, 5.41) is 7.23. The first kappa shape index (κ1) is 14.4. The number of fused-ring (bicyclic) bond motifs is 2. The highest BCUT2D eigenvalue weighted by Crippen LogP contribution is 2.37. The van der Waals surface area contributed by atoms with E-state index in [4.69, 9.17) is 0 Å². The lowest BCUT2D eigenvalue weighted by atomic mass is 9.87. The molecule has 0 saturated carbocycles. The summed E-state index contributed by atoms with van der Waals surface area (Å²) in [5.74, 6) is 2.75. The van der Waals surface area contributed by atoms with Gasteiger partial charge >= 0.3 is 0 Å². The van der Waals surface area contributed by atoms with Gasteiger partial charge in [0.1, 0.15) is 0 Å². The molecule has 4 saturated heterocycles. The third-order valence-corrected chi connectivity index (χ3v) is 6.88. The lowest BCUT2D eigenvalue weighted by Gasteiger charge is -2.32. The van der Waals surface area contributed by atoms with Gasteiger partial charge < -0.3 is 10.6 Å². The molecule has 4 nitrogen and oxygen atoms in total. The van der Waals surface area contributed by atoms with Crippen molar-refractivity contribution in [1.82, 2.24) is 20.4 Å². The molecule has 4 heterocycles. The van der Waals surface area contributed by atoms with Gasteiger partial charge in [0.25, 0.3) is 0 Å². The molecule has 0 amide bonds. The van der Waals surface area contributed by atoms with Crippen molar-refractivity contribution in [1.29, 1.82) is 0 Å². The fraction of sp³-hybridized carbons (Fsp3) is 1.00. The number of hydrogen-bond acceptors (Lipinski definition) is 4. The molecule has 0 aromatic heterocycles. The molecule has 2 N–H and O–H groups in total. The molecule has 0 aliphatic carbocycles. The van der Waals surface area contributed by atoms with Crippen LogP contribution in [0, 0.1) is 17.8 Å². The Balaban J connectivity index is 1.39. The first-order chi connectivity index (χ1) is 10.3. The van der Waals surface area contributed by atoms with Gasteiger partial charge in [-0.1, -0.05) is 6.92 Å². The van der Waals surface area contributed by atoms with Crippen molar-refractivity contribution in [3.63, 3.8) is 0 Å². The molecule has 0 spiro atoms. The van der Waals surface area contributed by atoms with E-state index in [1.807, 2.05) is 0 Å². The van der Waals surface area contributed by atoms with Crippen LogP contribution in [0.15, 0.2) is 0 Å². The predicted octanol–water partition coefficient (Wildman–Crippen LogP) is 0.598. The zero-order valence-electron chi connectivity index (χ0n) is 13.7. The summed E-state index contributed by atoms with van der Waals surface area (Å²) in [6, 6.07) is 2.43. The van der Waals surface area contributed by atoms with E-state index in [1.165, 1.54) is 58.7 Å². The van der Waals surface area contributed by atoms with Gasteiger partial charge in [0.2, 0.25) is 0 Å². The lowest BCUT2D eigenvalue weighted by Crippen LogP contribution is -2.42. The van der Waals surface area contributed by atoms with Crippen LogP contribution < -0.4 is 10.6 Å². The second-order valence-corrected chi connectivity index (χ2v) is 7.83. The van der Waals surface area contributed by atoms with Gasteiger partial charge in [-0.05, 0) is 63.7 Å². The van der Waals surface area contributed by atoms with Crippen LogP contribution in [0.1, 0.15) is 26.7 Å². The number of nitrogens with zero attached hydrogens (tertiary/aromatic N) is 2. The molecule has 4 rings (SSSR count). The Labute approximate surface area is 129 Å². The Morgan fingerprint density at radius 1 is 1.10 bits per heavy atom. The highest BCUT2D eigenvalue weighted by Gasteiger charge is 2.45. The van der Waals surface area contributed by atoms with Gasteiger partial charge in [-0.3, -0.25) is 9.80 Å². The van der Waals surface area contributed by atoms with Gasteiger partial charge in [-0.2, -0.15) is 0 Å². The maximum atomic E-state index is 3.63. The molecule has 6 atom stereocenters. The van der Waals surface area contributed by atoms with Crippen molar-refractivity contribution in [3.8, 4) is 0 Å². The van der Waals surface area contributed by atoms with Crippen molar-refractivity contribution in [2.45, 2.75) is 44.8 Å². The minimum atomic E-state index is 0.767. The summed E-state index contributed by atoms with van der Waals surface area (Å²) in [7, 11) is 0. The van der Waals surface area contributed by atoms with Crippen molar-refractivity contribution in [3.05, 3.63) is 0 Å². The third-order valence-electron chi connectivity index (χ3n) is 6.88. The topological polar surface area (TPSA) is 30.5 Å².